The largest absolute Gasteiger partial charge is 0.500 e. The molecule has 2 rings (SSSR count). The van der Waals surface area contributed by atoms with Gasteiger partial charge >= 0.3 is 0 Å². The van der Waals surface area contributed by atoms with Crippen LogP contribution in [0, 0.1) is 0 Å². The molecule has 1 aromatic rings. The summed E-state index contributed by atoms with van der Waals surface area (Å²) in [6.45, 7) is 0.842. The molecule has 62 valence electrons. The SMILES string of the molecule is C1=C(Sc2ccccc2)CCO1. The summed E-state index contributed by atoms with van der Waals surface area (Å²) in [6, 6.07) is 10.4. The summed E-state index contributed by atoms with van der Waals surface area (Å²) in [5.41, 5.74) is 0. The van der Waals surface area contributed by atoms with Crippen LogP contribution in [0.3, 0.4) is 0 Å². The number of hydrogen-bond donors (Lipinski definition) is 0. The molecule has 1 aromatic carbocycles. The predicted molar refractivity (Wildman–Crippen MR) is 51.0 cm³/mol. The quantitative estimate of drug-likeness (QED) is 0.688. The molecular formula is C10H10OS. The lowest BCUT2D eigenvalue weighted by Gasteiger charge is -1.98. The van der Waals surface area contributed by atoms with Crippen molar-refractivity contribution in [1.29, 1.82) is 0 Å². The number of hydrogen-bond acceptors (Lipinski definition) is 2. The Morgan fingerprint density at radius 3 is 2.67 bits per heavy atom. The van der Waals surface area contributed by atoms with Crippen molar-refractivity contribution < 1.29 is 4.74 Å². The molecule has 0 fully saturated rings. The van der Waals surface area contributed by atoms with E-state index in [4.69, 9.17) is 4.74 Å². The lowest BCUT2D eigenvalue weighted by atomic mass is 10.4. The van der Waals surface area contributed by atoms with Gasteiger partial charge in [0.2, 0.25) is 0 Å². The van der Waals surface area contributed by atoms with Crippen LogP contribution >= 0.6 is 11.8 Å². The summed E-state index contributed by atoms with van der Waals surface area (Å²) in [7, 11) is 0. The van der Waals surface area contributed by atoms with Gasteiger partial charge in [0.25, 0.3) is 0 Å². The third kappa shape index (κ3) is 1.83. The number of ether oxygens (including phenoxy) is 1. The lowest BCUT2D eigenvalue weighted by Crippen LogP contribution is -1.75. The first-order valence-corrected chi connectivity index (χ1v) is 4.80. The van der Waals surface area contributed by atoms with Gasteiger partial charge in [-0.1, -0.05) is 30.0 Å². The van der Waals surface area contributed by atoms with E-state index in [0.29, 0.717) is 0 Å². The highest BCUT2D eigenvalue weighted by molar-refractivity contribution is 8.03. The van der Waals surface area contributed by atoms with Crippen molar-refractivity contribution >= 4 is 11.8 Å². The van der Waals surface area contributed by atoms with Crippen LogP contribution in [0.2, 0.25) is 0 Å². The van der Waals surface area contributed by atoms with Crippen LogP contribution < -0.4 is 0 Å². The standard InChI is InChI=1S/C10H10OS/c1-2-4-9(5-3-1)12-10-6-7-11-8-10/h1-5,8H,6-7H2. The minimum Gasteiger partial charge on any atom is -0.500 e. The molecular weight excluding hydrogens is 168 g/mol. The molecule has 0 N–H and O–H groups in total. The first-order valence-electron chi connectivity index (χ1n) is 3.99. The van der Waals surface area contributed by atoms with E-state index in [1.165, 1.54) is 9.80 Å². The van der Waals surface area contributed by atoms with E-state index >= 15 is 0 Å². The van der Waals surface area contributed by atoms with Crippen LogP contribution in [0.4, 0.5) is 0 Å². The monoisotopic (exact) mass is 178 g/mol. The molecule has 0 aromatic heterocycles. The third-order valence-corrected chi connectivity index (χ3v) is 2.74. The van der Waals surface area contributed by atoms with E-state index in [2.05, 4.69) is 24.3 Å². The summed E-state index contributed by atoms with van der Waals surface area (Å²) < 4.78 is 5.15. The Bertz CT molecular complexity index is 279. The molecule has 0 atom stereocenters. The second kappa shape index (κ2) is 3.68. The predicted octanol–water partition coefficient (Wildman–Crippen LogP) is 3.04. The summed E-state index contributed by atoms with van der Waals surface area (Å²) in [6.07, 6.45) is 2.91. The topological polar surface area (TPSA) is 9.23 Å². The van der Waals surface area contributed by atoms with Gasteiger partial charge in [-0.2, -0.15) is 0 Å². The average Bonchev–Trinajstić information content (AvgIpc) is 2.59. The molecule has 0 bridgehead atoms. The van der Waals surface area contributed by atoms with Crippen molar-refractivity contribution in [1.82, 2.24) is 0 Å². The zero-order valence-electron chi connectivity index (χ0n) is 6.69. The van der Waals surface area contributed by atoms with Crippen molar-refractivity contribution in [2.75, 3.05) is 6.61 Å². The maximum Gasteiger partial charge on any atom is 0.0928 e. The first-order chi connectivity index (χ1) is 5.95. The summed E-state index contributed by atoms with van der Waals surface area (Å²) in [5, 5.41) is 0. The summed E-state index contributed by atoms with van der Waals surface area (Å²) in [4.78, 5) is 2.61. The van der Waals surface area contributed by atoms with Gasteiger partial charge in [0.15, 0.2) is 0 Å². The lowest BCUT2D eigenvalue weighted by molar-refractivity contribution is 0.281. The molecule has 12 heavy (non-hydrogen) atoms. The molecule has 0 unspecified atom stereocenters. The number of benzene rings is 1. The fourth-order valence-corrected chi connectivity index (χ4v) is 1.98. The Hall–Kier alpha value is -0.890. The maximum absolute atomic E-state index is 5.15. The minimum atomic E-state index is 0.842. The van der Waals surface area contributed by atoms with Gasteiger partial charge in [0.1, 0.15) is 0 Å². The van der Waals surface area contributed by atoms with Gasteiger partial charge in [0, 0.05) is 16.2 Å². The zero-order valence-corrected chi connectivity index (χ0v) is 7.51. The smallest absolute Gasteiger partial charge is 0.0928 e. The van der Waals surface area contributed by atoms with Gasteiger partial charge < -0.3 is 4.74 Å². The van der Waals surface area contributed by atoms with Crippen LogP contribution in [0.1, 0.15) is 6.42 Å². The number of thioether (sulfide) groups is 1. The average molecular weight is 178 g/mol. The molecule has 0 radical (unpaired) electrons. The van der Waals surface area contributed by atoms with Crippen LogP contribution in [0.5, 0.6) is 0 Å². The van der Waals surface area contributed by atoms with E-state index in [9.17, 15) is 0 Å². The van der Waals surface area contributed by atoms with Crippen LogP contribution in [0.15, 0.2) is 46.4 Å². The second-order valence-electron chi connectivity index (χ2n) is 2.62. The summed E-state index contributed by atoms with van der Waals surface area (Å²) >= 11 is 1.79. The molecule has 0 spiro atoms. The van der Waals surface area contributed by atoms with E-state index in [-0.39, 0.29) is 0 Å². The number of rotatable bonds is 2. The van der Waals surface area contributed by atoms with Gasteiger partial charge in [-0.3, -0.25) is 0 Å². The van der Waals surface area contributed by atoms with E-state index in [1.54, 1.807) is 11.8 Å². The van der Waals surface area contributed by atoms with Gasteiger partial charge in [-0.15, -0.1) is 0 Å². The molecule has 0 amide bonds. The Balaban J connectivity index is 2.04. The molecule has 1 heterocycles. The Morgan fingerprint density at radius 1 is 1.17 bits per heavy atom. The molecule has 0 saturated carbocycles. The van der Waals surface area contributed by atoms with Crippen molar-refractivity contribution in [2.45, 2.75) is 11.3 Å². The fraction of sp³-hybridized carbons (Fsp3) is 0.200. The molecule has 0 saturated heterocycles. The van der Waals surface area contributed by atoms with E-state index in [0.717, 1.165) is 13.0 Å². The van der Waals surface area contributed by atoms with E-state index < -0.39 is 0 Å². The van der Waals surface area contributed by atoms with Crippen LogP contribution in [-0.2, 0) is 4.74 Å². The molecule has 2 heteroatoms. The van der Waals surface area contributed by atoms with Crippen molar-refractivity contribution in [2.24, 2.45) is 0 Å². The van der Waals surface area contributed by atoms with Crippen molar-refractivity contribution in [3.63, 3.8) is 0 Å². The molecule has 1 nitrogen and oxygen atoms in total. The Morgan fingerprint density at radius 2 is 2.00 bits per heavy atom. The maximum atomic E-state index is 5.15. The molecule has 1 aliphatic rings. The minimum absolute atomic E-state index is 0.842. The fourth-order valence-electron chi connectivity index (χ4n) is 1.09. The van der Waals surface area contributed by atoms with E-state index in [1.807, 2.05) is 12.3 Å². The van der Waals surface area contributed by atoms with Crippen molar-refractivity contribution in [3.8, 4) is 0 Å². The van der Waals surface area contributed by atoms with Crippen LogP contribution in [-0.4, -0.2) is 6.61 Å². The third-order valence-electron chi connectivity index (χ3n) is 1.67. The van der Waals surface area contributed by atoms with Crippen molar-refractivity contribution in [3.05, 3.63) is 41.5 Å². The highest BCUT2D eigenvalue weighted by atomic mass is 32.2. The van der Waals surface area contributed by atoms with Gasteiger partial charge in [0.05, 0.1) is 12.9 Å². The molecule has 1 aliphatic heterocycles. The zero-order chi connectivity index (χ0) is 8.23. The second-order valence-corrected chi connectivity index (χ2v) is 3.82. The highest BCUT2D eigenvalue weighted by Gasteiger charge is 2.06. The summed E-state index contributed by atoms with van der Waals surface area (Å²) in [5.74, 6) is 0. The normalized spacial score (nSPS) is 15.5. The highest BCUT2D eigenvalue weighted by Crippen LogP contribution is 2.30. The Labute approximate surface area is 76.4 Å². The van der Waals surface area contributed by atoms with Crippen LogP contribution in [0.25, 0.3) is 0 Å². The first kappa shape index (κ1) is 7.74. The Kier molecular flexibility index (Phi) is 2.37. The van der Waals surface area contributed by atoms with Gasteiger partial charge in [-0.25, -0.2) is 0 Å². The van der Waals surface area contributed by atoms with Gasteiger partial charge in [-0.05, 0) is 12.1 Å². The molecule has 0 aliphatic carbocycles.